The molecule has 0 aromatic heterocycles. The Morgan fingerprint density at radius 2 is 2.06 bits per heavy atom. The first-order valence-electron chi connectivity index (χ1n) is 5.54. The second-order valence-electron chi connectivity index (χ2n) is 3.87. The zero-order chi connectivity index (χ0) is 13.0. The van der Waals surface area contributed by atoms with Crippen LogP contribution in [0, 0.1) is 0 Å². The number of rotatable bonds is 4. The predicted molar refractivity (Wildman–Crippen MR) is 76.1 cm³/mol. The van der Waals surface area contributed by atoms with Crippen LogP contribution in [0.3, 0.4) is 0 Å². The smallest absolute Gasteiger partial charge is 0.133 e. The van der Waals surface area contributed by atoms with Crippen LogP contribution >= 0.6 is 15.9 Å². The zero-order valence-electron chi connectivity index (χ0n) is 9.98. The van der Waals surface area contributed by atoms with Gasteiger partial charge in [-0.2, -0.15) is 0 Å². The van der Waals surface area contributed by atoms with Crippen LogP contribution in [0.15, 0.2) is 46.9 Å². The summed E-state index contributed by atoms with van der Waals surface area (Å²) in [7, 11) is 1.64. The van der Waals surface area contributed by atoms with E-state index in [4.69, 9.17) is 4.74 Å². The molecule has 2 aromatic carbocycles. The van der Waals surface area contributed by atoms with Crippen molar-refractivity contribution in [2.24, 2.45) is 0 Å². The maximum absolute atomic E-state index is 9.37. The van der Waals surface area contributed by atoms with Crippen LogP contribution < -0.4 is 10.1 Å². The van der Waals surface area contributed by atoms with E-state index < -0.39 is 0 Å². The van der Waals surface area contributed by atoms with Gasteiger partial charge in [0.05, 0.1) is 11.6 Å². The number of methoxy groups -OCH3 is 1. The topological polar surface area (TPSA) is 41.5 Å². The van der Waals surface area contributed by atoms with Crippen molar-refractivity contribution in [1.82, 2.24) is 0 Å². The van der Waals surface area contributed by atoms with Gasteiger partial charge >= 0.3 is 0 Å². The van der Waals surface area contributed by atoms with Gasteiger partial charge in [0.15, 0.2) is 0 Å². The normalized spacial score (nSPS) is 10.1. The Morgan fingerprint density at radius 1 is 1.22 bits per heavy atom. The molecular weight excluding hydrogens is 294 g/mol. The molecule has 18 heavy (non-hydrogen) atoms. The highest BCUT2D eigenvalue weighted by atomic mass is 79.9. The van der Waals surface area contributed by atoms with Gasteiger partial charge in [0.2, 0.25) is 0 Å². The molecule has 3 nitrogen and oxygen atoms in total. The third-order valence-electron chi connectivity index (χ3n) is 2.56. The number of nitrogens with one attached hydrogen (secondary N) is 1. The molecule has 0 saturated heterocycles. The summed E-state index contributed by atoms with van der Waals surface area (Å²) in [4.78, 5) is 0. The number of phenolic OH excluding ortho intramolecular Hbond substituents is 1. The molecule has 0 spiro atoms. The summed E-state index contributed by atoms with van der Waals surface area (Å²) in [5, 5.41) is 12.7. The Hall–Kier alpha value is -1.68. The van der Waals surface area contributed by atoms with Gasteiger partial charge in [0, 0.05) is 12.2 Å². The molecule has 0 heterocycles. The second kappa shape index (κ2) is 5.78. The quantitative estimate of drug-likeness (QED) is 0.903. The van der Waals surface area contributed by atoms with Crippen LogP contribution in [0.1, 0.15) is 5.56 Å². The fourth-order valence-corrected chi connectivity index (χ4v) is 2.19. The van der Waals surface area contributed by atoms with Crippen LogP contribution in [0.2, 0.25) is 0 Å². The third kappa shape index (κ3) is 3.17. The van der Waals surface area contributed by atoms with E-state index in [2.05, 4.69) is 21.2 Å². The minimum Gasteiger partial charge on any atom is -0.508 e. The van der Waals surface area contributed by atoms with E-state index in [1.165, 1.54) is 0 Å². The number of anilines is 1. The summed E-state index contributed by atoms with van der Waals surface area (Å²) >= 11 is 3.44. The molecule has 0 aliphatic heterocycles. The minimum absolute atomic E-state index is 0.283. The first-order valence-corrected chi connectivity index (χ1v) is 6.33. The standard InChI is InChI=1S/C14H14BrNO2/c1-18-14-6-5-11(8-13(14)15)16-9-10-3-2-4-12(17)7-10/h2-8,16-17H,9H2,1H3. The number of phenols is 1. The SMILES string of the molecule is COc1ccc(NCc2cccc(O)c2)cc1Br. The average molecular weight is 308 g/mol. The molecule has 0 atom stereocenters. The largest absolute Gasteiger partial charge is 0.508 e. The molecule has 2 N–H and O–H groups in total. The van der Waals surface area contributed by atoms with Crippen molar-refractivity contribution in [2.45, 2.75) is 6.54 Å². The average Bonchev–Trinajstić information content (AvgIpc) is 2.37. The lowest BCUT2D eigenvalue weighted by molar-refractivity contribution is 0.412. The van der Waals surface area contributed by atoms with E-state index in [9.17, 15) is 5.11 Å². The van der Waals surface area contributed by atoms with Crippen molar-refractivity contribution in [3.05, 3.63) is 52.5 Å². The summed E-state index contributed by atoms with van der Waals surface area (Å²) in [6.07, 6.45) is 0. The second-order valence-corrected chi connectivity index (χ2v) is 4.73. The van der Waals surface area contributed by atoms with Crippen LogP contribution in [-0.2, 0) is 6.54 Å². The molecular formula is C14H14BrNO2. The Bertz CT molecular complexity index is 543. The summed E-state index contributed by atoms with van der Waals surface area (Å²) < 4.78 is 6.08. The lowest BCUT2D eigenvalue weighted by Crippen LogP contribution is -1.99. The Labute approximate surface area is 115 Å². The maximum Gasteiger partial charge on any atom is 0.133 e. The van der Waals surface area contributed by atoms with E-state index >= 15 is 0 Å². The number of benzene rings is 2. The predicted octanol–water partition coefficient (Wildman–Crippen LogP) is 3.78. The molecule has 0 aliphatic carbocycles. The first kappa shape index (κ1) is 12.8. The van der Waals surface area contributed by atoms with Crippen molar-refractivity contribution in [3.8, 4) is 11.5 Å². The van der Waals surface area contributed by atoms with Gasteiger partial charge < -0.3 is 15.2 Å². The molecule has 0 bridgehead atoms. The lowest BCUT2D eigenvalue weighted by Gasteiger charge is -2.09. The van der Waals surface area contributed by atoms with Crippen molar-refractivity contribution in [2.75, 3.05) is 12.4 Å². The Kier molecular flexibility index (Phi) is 4.10. The van der Waals surface area contributed by atoms with E-state index in [-0.39, 0.29) is 5.75 Å². The number of hydrogen-bond acceptors (Lipinski definition) is 3. The van der Waals surface area contributed by atoms with E-state index in [0.29, 0.717) is 6.54 Å². The van der Waals surface area contributed by atoms with Gasteiger partial charge in [-0.05, 0) is 51.8 Å². The molecule has 2 rings (SSSR count). The summed E-state index contributed by atoms with van der Waals surface area (Å²) in [6.45, 7) is 0.660. The minimum atomic E-state index is 0.283. The maximum atomic E-state index is 9.37. The first-order chi connectivity index (χ1) is 8.69. The van der Waals surface area contributed by atoms with Gasteiger partial charge in [0.25, 0.3) is 0 Å². The fourth-order valence-electron chi connectivity index (χ4n) is 1.65. The van der Waals surface area contributed by atoms with Crippen LogP contribution in [0.25, 0.3) is 0 Å². The van der Waals surface area contributed by atoms with Gasteiger partial charge in [-0.3, -0.25) is 0 Å². The van der Waals surface area contributed by atoms with Gasteiger partial charge in [-0.25, -0.2) is 0 Å². The zero-order valence-corrected chi connectivity index (χ0v) is 11.6. The van der Waals surface area contributed by atoms with Crippen molar-refractivity contribution < 1.29 is 9.84 Å². The Balaban J connectivity index is 2.04. The van der Waals surface area contributed by atoms with E-state index in [0.717, 1.165) is 21.5 Å². The van der Waals surface area contributed by atoms with Gasteiger partial charge in [0.1, 0.15) is 11.5 Å². The number of halogens is 1. The number of ether oxygens (including phenoxy) is 1. The Morgan fingerprint density at radius 3 is 2.72 bits per heavy atom. The van der Waals surface area contributed by atoms with E-state index in [1.54, 1.807) is 19.2 Å². The highest BCUT2D eigenvalue weighted by molar-refractivity contribution is 9.10. The monoisotopic (exact) mass is 307 g/mol. The third-order valence-corrected chi connectivity index (χ3v) is 3.18. The number of aromatic hydroxyl groups is 1. The summed E-state index contributed by atoms with van der Waals surface area (Å²) in [5.74, 6) is 1.09. The molecule has 0 amide bonds. The summed E-state index contributed by atoms with van der Waals surface area (Å²) in [5.41, 5.74) is 2.02. The lowest BCUT2D eigenvalue weighted by atomic mass is 10.2. The molecule has 4 heteroatoms. The van der Waals surface area contributed by atoms with Gasteiger partial charge in [-0.1, -0.05) is 12.1 Å². The fraction of sp³-hybridized carbons (Fsp3) is 0.143. The van der Waals surface area contributed by atoms with Crippen molar-refractivity contribution in [1.29, 1.82) is 0 Å². The molecule has 0 fully saturated rings. The highest BCUT2D eigenvalue weighted by Gasteiger charge is 2.01. The molecule has 2 aromatic rings. The van der Waals surface area contributed by atoms with Crippen molar-refractivity contribution >= 4 is 21.6 Å². The van der Waals surface area contributed by atoms with Crippen LogP contribution in [0.4, 0.5) is 5.69 Å². The molecule has 0 saturated carbocycles. The van der Waals surface area contributed by atoms with Crippen LogP contribution in [-0.4, -0.2) is 12.2 Å². The van der Waals surface area contributed by atoms with Gasteiger partial charge in [-0.15, -0.1) is 0 Å². The molecule has 94 valence electrons. The van der Waals surface area contributed by atoms with E-state index in [1.807, 2.05) is 30.3 Å². The molecule has 0 unspecified atom stereocenters. The highest BCUT2D eigenvalue weighted by Crippen LogP contribution is 2.27. The van der Waals surface area contributed by atoms with Crippen molar-refractivity contribution in [3.63, 3.8) is 0 Å². The number of hydrogen-bond donors (Lipinski definition) is 2. The summed E-state index contributed by atoms with van der Waals surface area (Å²) in [6, 6.07) is 13.0. The van der Waals surface area contributed by atoms with Crippen LogP contribution in [0.5, 0.6) is 11.5 Å². The molecule has 0 aliphatic rings. The molecule has 0 radical (unpaired) electrons.